The van der Waals surface area contributed by atoms with Gasteiger partial charge in [-0.25, -0.2) is 14.2 Å². The number of rotatable bonds is 4. The fourth-order valence-electron chi connectivity index (χ4n) is 1.84. The van der Waals surface area contributed by atoms with Crippen molar-refractivity contribution in [2.45, 2.75) is 6.61 Å². The lowest BCUT2D eigenvalue weighted by Crippen LogP contribution is -2.05. The number of nitrogens with zero attached hydrogens (tertiary/aromatic N) is 1. The van der Waals surface area contributed by atoms with Crippen molar-refractivity contribution in [2.24, 2.45) is 0 Å². The molecule has 3 aromatic rings. The van der Waals surface area contributed by atoms with Crippen LogP contribution in [0.3, 0.4) is 0 Å². The smallest absolute Gasteiger partial charge is 0.355 e. The number of esters is 1. The molecule has 0 saturated carbocycles. The van der Waals surface area contributed by atoms with E-state index in [0.29, 0.717) is 11.3 Å². The number of benzene rings is 1. The van der Waals surface area contributed by atoms with Crippen LogP contribution in [0.5, 0.6) is 0 Å². The Hall–Kier alpha value is -2.31. The van der Waals surface area contributed by atoms with Gasteiger partial charge >= 0.3 is 5.97 Å². The molecule has 0 unspecified atom stereocenters. The highest BCUT2D eigenvalue weighted by Crippen LogP contribution is 2.23. The van der Waals surface area contributed by atoms with E-state index in [1.54, 1.807) is 12.1 Å². The van der Waals surface area contributed by atoms with Crippen LogP contribution in [0.4, 0.5) is 4.39 Å². The van der Waals surface area contributed by atoms with Gasteiger partial charge in [0.05, 0.1) is 11.2 Å². The Morgan fingerprint density at radius 3 is 2.70 bits per heavy atom. The number of nitrogens with one attached hydrogen (secondary N) is 1. The second-order valence-corrected chi connectivity index (χ2v) is 5.33. The van der Waals surface area contributed by atoms with Gasteiger partial charge in [0, 0.05) is 5.56 Å². The standard InChI is InChI=1S/C15H9Cl2FN2O3/c16-10-5-11(20-14(10)17)15(21)22-7-13-19-6-12(23-13)8-1-3-9(18)4-2-8/h1-6,20H,7H2. The number of hydrogen-bond donors (Lipinski definition) is 1. The van der Waals surface area contributed by atoms with Crippen molar-refractivity contribution in [3.63, 3.8) is 0 Å². The summed E-state index contributed by atoms with van der Waals surface area (Å²) >= 11 is 11.5. The number of ether oxygens (including phenoxy) is 1. The number of halogens is 3. The molecule has 1 aromatic carbocycles. The summed E-state index contributed by atoms with van der Waals surface area (Å²) in [5.74, 6) is -0.325. The van der Waals surface area contributed by atoms with Crippen molar-refractivity contribution in [3.8, 4) is 11.3 Å². The van der Waals surface area contributed by atoms with Crippen molar-refractivity contribution in [2.75, 3.05) is 0 Å². The molecule has 0 amide bonds. The molecule has 3 rings (SSSR count). The van der Waals surface area contributed by atoms with Crippen LogP contribution in [0, 0.1) is 5.82 Å². The molecule has 23 heavy (non-hydrogen) atoms. The molecular weight excluding hydrogens is 346 g/mol. The van der Waals surface area contributed by atoms with E-state index in [4.69, 9.17) is 32.4 Å². The summed E-state index contributed by atoms with van der Waals surface area (Å²) in [7, 11) is 0. The highest BCUT2D eigenvalue weighted by atomic mass is 35.5. The summed E-state index contributed by atoms with van der Waals surface area (Å²) < 4.78 is 23.4. The lowest BCUT2D eigenvalue weighted by atomic mass is 10.2. The second kappa shape index (κ2) is 6.44. The third kappa shape index (κ3) is 3.55. The van der Waals surface area contributed by atoms with Gasteiger partial charge < -0.3 is 14.1 Å². The molecule has 0 bridgehead atoms. The Morgan fingerprint density at radius 2 is 2.04 bits per heavy atom. The number of hydrogen-bond acceptors (Lipinski definition) is 4. The number of oxazole rings is 1. The zero-order chi connectivity index (χ0) is 16.4. The van der Waals surface area contributed by atoms with E-state index in [2.05, 4.69) is 9.97 Å². The molecule has 1 N–H and O–H groups in total. The number of aromatic nitrogens is 2. The monoisotopic (exact) mass is 354 g/mol. The van der Waals surface area contributed by atoms with Gasteiger partial charge in [-0.1, -0.05) is 23.2 Å². The van der Waals surface area contributed by atoms with E-state index in [0.717, 1.165) is 0 Å². The van der Waals surface area contributed by atoms with Crippen LogP contribution in [0.2, 0.25) is 10.2 Å². The average molecular weight is 355 g/mol. The molecule has 5 nitrogen and oxygen atoms in total. The Bertz CT molecular complexity index is 823. The summed E-state index contributed by atoms with van der Waals surface area (Å²) in [6.07, 6.45) is 1.47. The van der Waals surface area contributed by atoms with Crippen molar-refractivity contribution >= 4 is 29.2 Å². The zero-order valence-corrected chi connectivity index (χ0v) is 13.0. The molecule has 0 fully saturated rings. The predicted octanol–water partition coefficient (Wildman–Crippen LogP) is 4.47. The van der Waals surface area contributed by atoms with Gasteiger partial charge in [0.1, 0.15) is 16.7 Å². The number of carbonyl (C=O) groups excluding carboxylic acids is 1. The second-order valence-electron chi connectivity index (χ2n) is 4.55. The molecule has 0 aliphatic carbocycles. The fraction of sp³-hybridized carbons (Fsp3) is 0.0667. The van der Waals surface area contributed by atoms with Gasteiger partial charge in [0.15, 0.2) is 12.4 Å². The van der Waals surface area contributed by atoms with E-state index in [9.17, 15) is 9.18 Å². The molecule has 2 aromatic heterocycles. The van der Waals surface area contributed by atoms with Gasteiger partial charge in [-0.05, 0) is 30.3 Å². The van der Waals surface area contributed by atoms with E-state index in [-0.39, 0.29) is 34.2 Å². The maximum Gasteiger partial charge on any atom is 0.355 e. The Labute approximate surface area is 140 Å². The lowest BCUT2D eigenvalue weighted by Gasteiger charge is -2.00. The number of carbonyl (C=O) groups is 1. The summed E-state index contributed by atoms with van der Waals surface area (Å²) in [6.45, 7) is -0.158. The Kier molecular flexibility index (Phi) is 4.36. The van der Waals surface area contributed by atoms with Gasteiger partial charge in [-0.15, -0.1) is 0 Å². The molecule has 0 radical (unpaired) electrons. The number of aromatic amines is 1. The van der Waals surface area contributed by atoms with E-state index < -0.39 is 5.97 Å². The first kappa shape index (κ1) is 15.6. The van der Waals surface area contributed by atoms with Crippen molar-refractivity contribution in [3.05, 3.63) is 64.1 Å². The minimum Gasteiger partial charge on any atom is -0.451 e. The van der Waals surface area contributed by atoms with Gasteiger partial charge in [-0.3, -0.25) is 0 Å². The Morgan fingerprint density at radius 1 is 1.30 bits per heavy atom. The molecule has 2 heterocycles. The van der Waals surface area contributed by atoms with Crippen LogP contribution < -0.4 is 0 Å². The van der Waals surface area contributed by atoms with Crippen LogP contribution in [-0.4, -0.2) is 15.9 Å². The molecule has 0 atom stereocenters. The first-order valence-electron chi connectivity index (χ1n) is 6.44. The van der Waals surface area contributed by atoms with Crippen molar-refractivity contribution < 1.29 is 18.3 Å². The maximum absolute atomic E-state index is 12.9. The normalized spacial score (nSPS) is 10.7. The highest BCUT2D eigenvalue weighted by molar-refractivity contribution is 6.41. The van der Waals surface area contributed by atoms with Crippen LogP contribution in [-0.2, 0) is 11.3 Å². The van der Waals surface area contributed by atoms with Gasteiger partial charge in [0.25, 0.3) is 0 Å². The quantitative estimate of drug-likeness (QED) is 0.701. The number of H-pyrrole nitrogens is 1. The highest BCUT2D eigenvalue weighted by Gasteiger charge is 2.15. The van der Waals surface area contributed by atoms with Crippen LogP contribution in [0.1, 0.15) is 16.4 Å². The minimum absolute atomic E-state index is 0.130. The summed E-state index contributed by atoms with van der Waals surface area (Å²) in [6, 6.07) is 7.13. The van der Waals surface area contributed by atoms with Crippen LogP contribution >= 0.6 is 23.2 Å². The summed E-state index contributed by atoms with van der Waals surface area (Å²) in [5, 5.41) is 0.390. The predicted molar refractivity (Wildman–Crippen MR) is 81.8 cm³/mol. The van der Waals surface area contributed by atoms with Crippen molar-refractivity contribution in [1.29, 1.82) is 0 Å². The van der Waals surface area contributed by atoms with E-state index in [1.807, 2.05) is 0 Å². The molecule has 118 valence electrons. The molecule has 0 aliphatic rings. The van der Waals surface area contributed by atoms with Crippen LogP contribution in [0.25, 0.3) is 11.3 Å². The zero-order valence-electron chi connectivity index (χ0n) is 11.5. The molecule has 8 heteroatoms. The first-order chi connectivity index (χ1) is 11.0. The largest absolute Gasteiger partial charge is 0.451 e. The third-order valence-corrected chi connectivity index (χ3v) is 3.65. The molecular formula is C15H9Cl2FN2O3. The third-order valence-electron chi connectivity index (χ3n) is 2.95. The topological polar surface area (TPSA) is 68.1 Å². The summed E-state index contributed by atoms with van der Waals surface area (Å²) in [4.78, 5) is 18.4. The minimum atomic E-state index is -0.639. The van der Waals surface area contributed by atoms with E-state index in [1.165, 1.54) is 24.4 Å². The first-order valence-corrected chi connectivity index (χ1v) is 7.20. The SMILES string of the molecule is O=C(OCc1ncc(-c2ccc(F)cc2)o1)c1cc(Cl)c(Cl)[nH]1. The fourth-order valence-corrected chi connectivity index (χ4v) is 2.16. The van der Waals surface area contributed by atoms with E-state index >= 15 is 0 Å². The van der Waals surface area contributed by atoms with Gasteiger partial charge in [-0.2, -0.15) is 0 Å². The Balaban J connectivity index is 1.65. The summed E-state index contributed by atoms with van der Waals surface area (Å²) in [5.41, 5.74) is 0.796. The molecule has 0 aliphatic heterocycles. The van der Waals surface area contributed by atoms with Crippen molar-refractivity contribution in [1.82, 2.24) is 9.97 Å². The van der Waals surface area contributed by atoms with Gasteiger partial charge in [0.2, 0.25) is 5.89 Å². The maximum atomic E-state index is 12.9. The lowest BCUT2D eigenvalue weighted by molar-refractivity contribution is 0.0433. The van der Waals surface area contributed by atoms with Crippen LogP contribution in [0.15, 0.2) is 40.9 Å². The molecule has 0 spiro atoms. The molecule has 0 saturated heterocycles. The average Bonchev–Trinajstić information content (AvgIpc) is 3.13.